The molecule has 2 heterocycles. The van der Waals surface area contributed by atoms with E-state index in [1.807, 2.05) is 0 Å². The molecule has 1 aromatic carbocycles. The van der Waals surface area contributed by atoms with Crippen LogP contribution in [0.4, 0.5) is 0 Å². The van der Waals surface area contributed by atoms with Crippen LogP contribution in [0.2, 0.25) is 0 Å². The number of carbonyl (C=O) groups excluding carboxylic acids is 2. The lowest BCUT2D eigenvalue weighted by Gasteiger charge is -2.35. The number of β-amino-alcohol motifs (C(OH)–C–C–N with tert-alkyl or cyclic N) is 1. The van der Waals surface area contributed by atoms with E-state index in [1.54, 1.807) is 41.3 Å². The van der Waals surface area contributed by atoms with Crippen LogP contribution in [0.5, 0.6) is 5.75 Å². The Hall–Kier alpha value is -2.64. The molecule has 2 aromatic rings. The number of Topliss-reactive ketones (excluding diaryl/α,β-unsaturated/α-hetero) is 1. The SMILES string of the molecule is CC(=O)c1cccc(OC[C@H](O)CN2CCN(C(=O)c3ccco3)CC2)c1. The van der Waals surface area contributed by atoms with Crippen molar-refractivity contribution < 1.29 is 23.8 Å². The van der Waals surface area contributed by atoms with E-state index in [4.69, 9.17) is 9.15 Å². The number of ether oxygens (including phenoxy) is 1. The molecule has 144 valence electrons. The Labute approximate surface area is 158 Å². The number of aliphatic hydroxyl groups is 1. The summed E-state index contributed by atoms with van der Waals surface area (Å²) in [5, 5.41) is 10.2. The zero-order chi connectivity index (χ0) is 19.2. The summed E-state index contributed by atoms with van der Waals surface area (Å²) in [6, 6.07) is 10.3. The van der Waals surface area contributed by atoms with Crippen LogP contribution in [0.3, 0.4) is 0 Å². The van der Waals surface area contributed by atoms with E-state index in [2.05, 4.69) is 4.90 Å². The Kier molecular flexibility index (Phi) is 6.26. The highest BCUT2D eigenvalue weighted by Gasteiger charge is 2.24. The molecule has 0 saturated carbocycles. The Balaban J connectivity index is 1.42. The largest absolute Gasteiger partial charge is 0.491 e. The minimum absolute atomic E-state index is 0.0250. The van der Waals surface area contributed by atoms with Gasteiger partial charge in [0.25, 0.3) is 5.91 Å². The monoisotopic (exact) mass is 372 g/mol. The molecular formula is C20H24N2O5. The lowest BCUT2D eigenvalue weighted by atomic mass is 10.1. The Morgan fingerprint density at radius 1 is 1.19 bits per heavy atom. The van der Waals surface area contributed by atoms with Crippen LogP contribution in [0.1, 0.15) is 27.8 Å². The van der Waals surface area contributed by atoms with Crippen molar-refractivity contribution in [3.8, 4) is 5.75 Å². The Morgan fingerprint density at radius 2 is 1.96 bits per heavy atom. The number of piperazine rings is 1. The van der Waals surface area contributed by atoms with E-state index < -0.39 is 6.10 Å². The fourth-order valence-corrected chi connectivity index (χ4v) is 3.04. The molecule has 1 atom stereocenters. The normalized spacial score (nSPS) is 16.1. The number of hydrogen-bond donors (Lipinski definition) is 1. The molecule has 0 spiro atoms. The van der Waals surface area contributed by atoms with Crippen molar-refractivity contribution in [2.75, 3.05) is 39.3 Å². The predicted octanol–water partition coefficient (Wildman–Crippen LogP) is 1.68. The molecule has 7 heteroatoms. The maximum Gasteiger partial charge on any atom is 0.289 e. The topological polar surface area (TPSA) is 83.2 Å². The van der Waals surface area contributed by atoms with E-state index in [1.165, 1.54) is 13.2 Å². The smallest absolute Gasteiger partial charge is 0.289 e. The Morgan fingerprint density at radius 3 is 2.63 bits per heavy atom. The van der Waals surface area contributed by atoms with Crippen LogP contribution < -0.4 is 4.74 Å². The third-order valence-electron chi connectivity index (χ3n) is 4.54. The molecule has 1 N–H and O–H groups in total. The van der Waals surface area contributed by atoms with E-state index in [0.29, 0.717) is 49.8 Å². The molecule has 27 heavy (non-hydrogen) atoms. The fraction of sp³-hybridized carbons (Fsp3) is 0.400. The molecule has 1 aromatic heterocycles. The number of aliphatic hydroxyl groups excluding tert-OH is 1. The third kappa shape index (κ3) is 5.18. The molecule has 0 aliphatic carbocycles. The molecule has 0 radical (unpaired) electrons. The summed E-state index contributed by atoms with van der Waals surface area (Å²) in [5.41, 5.74) is 0.583. The molecule has 1 aliphatic heterocycles. The van der Waals surface area contributed by atoms with Gasteiger partial charge in [-0.05, 0) is 31.2 Å². The second-order valence-electron chi connectivity index (χ2n) is 6.62. The number of furan rings is 1. The molecule has 3 rings (SSSR count). The fourth-order valence-electron chi connectivity index (χ4n) is 3.04. The van der Waals surface area contributed by atoms with Gasteiger partial charge in [0.15, 0.2) is 11.5 Å². The lowest BCUT2D eigenvalue weighted by molar-refractivity contribution is 0.0389. The van der Waals surface area contributed by atoms with Crippen LogP contribution >= 0.6 is 0 Å². The summed E-state index contributed by atoms with van der Waals surface area (Å²) in [5.74, 6) is 0.789. The van der Waals surface area contributed by atoms with Crippen LogP contribution in [-0.2, 0) is 0 Å². The number of nitrogens with zero attached hydrogens (tertiary/aromatic N) is 2. The van der Waals surface area contributed by atoms with Gasteiger partial charge >= 0.3 is 0 Å². The average molecular weight is 372 g/mol. The van der Waals surface area contributed by atoms with Gasteiger partial charge in [-0.25, -0.2) is 0 Å². The van der Waals surface area contributed by atoms with Crippen LogP contribution in [0, 0.1) is 0 Å². The first-order valence-electron chi connectivity index (χ1n) is 9.00. The zero-order valence-electron chi connectivity index (χ0n) is 15.3. The average Bonchev–Trinajstić information content (AvgIpc) is 3.21. The standard InChI is InChI=1S/C20H24N2O5/c1-15(23)16-4-2-5-18(12-16)27-14-17(24)13-21-7-9-22(10-8-21)20(25)19-6-3-11-26-19/h2-6,11-12,17,24H,7-10,13-14H2,1H3/t17-/m1/s1. The number of carbonyl (C=O) groups is 2. The van der Waals surface area contributed by atoms with Crippen LogP contribution in [0.25, 0.3) is 0 Å². The van der Waals surface area contributed by atoms with Gasteiger partial charge < -0.3 is 19.2 Å². The van der Waals surface area contributed by atoms with E-state index in [0.717, 1.165) is 0 Å². The second kappa shape index (κ2) is 8.83. The quantitative estimate of drug-likeness (QED) is 0.745. The van der Waals surface area contributed by atoms with Crippen molar-refractivity contribution in [1.29, 1.82) is 0 Å². The summed E-state index contributed by atoms with van der Waals surface area (Å²) in [7, 11) is 0. The molecule has 0 unspecified atom stereocenters. The molecule has 7 nitrogen and oxygen atoms in total. The van der Waals surface area contributed by atoms with Crippen molar-refractivity contribution in [2.45, 2.75) is 13.0 Å². The van der Waals surface area contributed by atoms with Crippen molar-refractivity contribution >= 4 is 11.7 Å². The molecule has 1 fully saturated rings. The van der Waals surface area contributed by atoms with Crippen molar-refractivity contribution in [2.24, 2.45) is 0 Å². The predicted molar refractivity (Wildman–Crippen MR) is 99.0 cm³/mol. The summed E-state index contributed by atoms with van der Waals surface area (Å²) in [6.07, 6.45) is 0.838. The van der Waals surface area contributed by atoms with Gasteiger partial charge in [0.1, 0.15) is 18.5 Å². The highest BCUT2D eigenvalue weighted by atomic mass is 16.5. The van der Waals surface area contributed by atoms with Crippen molar-refractivity contribution in [3.05, 3.63) is 54.0 Å². The minimum atomic E-state index is -0.654. The van der Waals surface area contributed by atoms with Crippen molar-refractivity contribution in [1.82, 2.24) is 9.80 Å². The van der Waals surface area contributed by atoms with Gasteiger partial charge in [-0.15, -0.1) is 0 Å². The number of amides is 1. The highest BCUT2D eigenvalue weighted by Crippen LogP contribution is 2.14. The maximum atomic E-state index is 12.2. The minimum Gasteiger partial charge on any atom is -0.491 e. The number of rotatable bonds is 7. The summed E-state index contributed by atoms with van der Waals surface area (Å²) in [4.78, 5) is 27.5. The van der Waals surface area contributed by atoms with Crippen molar-refractivity contribution in [3.63, 3.8) is 0 Å². The molecule has 1 aliphatic rings. The van der Waals surface area contributed by atoms with Gasteiger partial charge in [0.2, 0.25) is 0 Å². The van der Waals surface area contributed by atoms with Gasteiger partial charge in [0, 0.05) is 38.3 Å². The third-order valence-corrected chi connectivity index (χ3v) is 4.54. The van der Waals surface area contributed by atoms with Gasteiger partial charge in [-0.1, -0.05) is 12.1 Å². The second-order valence-corrected chi connectivity index (χ2v) is 6.62. The molecule has 1 saturated heterocycles. The summed E-state index contributed by atoms with van der Waals surface area (Å²) < 4.78 is 10.8. The van der Waals surface area contributed by atoms with Crippen LogP contribution in [0.15, 0.2) is 47.1 Å². The van der Waals surface area contributed by atoms with Crippen LogP contribution in [-0.4, -0.2) is 72.0 Å². The maximum absolute atomic E-state index is 12.2. The Bertz CT molecular complexity index is 766. The molecular weight excluding hydrogens is 348 g/mol. The van der Waals surface area contributed by atoms with Gasteiger partial charge in [-0.3, -0.25) is 14.5 Å². The highest BCUT2D eigenvalue weighted by molar-refractivity contribution is 5.94. The van der Waals surface area contributed by atoms with Gasteiger partial charge in [0.05, 0.1) is 6.26 Å². The van der Waals surface area contributed by atoms with E-state index >= 15 is 0 Å². The molecule has 0 bridgehead atoms. The van der Waals surface area contributed by atoms with E-state index in [9.17, 15) is 14.7 Å². The summed E-state index contributed by atoms with van der Waals surface area (Å²) in [6.45, 7) is 4.67. The molecule has 1 amide bonds. The first-order chi connectivity index (χ1) is 13.0. The lowest BCUT2D eigenvalue weighted by Crippen LogP contribution is -2.50. The first-order valence-corrected chi connectivity index (χ1v) is 9.00. The number of benzene rings is 1. The number of ketones is 1. The first kappa shape index (κ1) is 19.1. The number of hydrogen-bond acceptors (Lipinski definition) is 6. The summed E-state index contributed by atoms with van der Waals surface area (Å²) >= 11 is 0. The van der Waals surface area contributed by atoms with Gasteiger partial charge in [-0.2, -0.15) is 0 Å². The van der Waals surface area contributed by atoms with E-state index in [-0.39, 0.29) is 18.3 Å². The zero-order valence-corrected chi connectivity index (χ0v) is 15.3.